The second-order valence-corrected chi connectivity index (χ2v) is 6.97. The van der Waals surface area contributed by atoms with Crippen LogP contribution in [-0.4, -0.2) is 23.7 Å². The lowest BCUT2D eigenvalue weighted by Gasteiger charge is -2.10. The Kier molecular flexibility index (Phi) is 7.16. The van der Waals surface area contributed by atoms with Crippen LogP contribution >= 0.6 is 0 Å². The first-order chi connectivity index (χ1) is 15.0. The van der Waals surface area contributed by atoms with Gasteiger partial charge >= 0.3 is 0 Å². The number of nitrogens with zero attached hydrogens (tertiary/aromatic N) is 2. The summed E-state index contributed by atoms with van der Waals surface area (Å²) < 4.78 is 11.1. The van der Waals surface area contributed by atoms with Crippen molar-refractivity contribution < 1.29 is 18.9 Å². The molecule has 0 fully saturated rings. The molecule has 0 radical (unpaired) electrons. The highest BCUT2D eigenvalue weighted by Crippen LogP contribution is 2.25. The van der Waals surface area contributed by atoms with Gasteiger partial charge in [-0.05, 0) is 42.2 Å². The van der Waals surface area contributed by atoms with Crippen molar-refractivity contribution in [1.82, 2.24) is 5.43 Å². The third-order valence-electron chi connectivity index (χ3n) is 4.78. The molecule has 1 amide bonds. The predicted octanol–water partition coefficient (Wildman–Crippen LogP) is 4.90. The van der Waals surface area contributed by atoms with Crippen molar-refractivity contribution in [3.8, 4) is 17.1 Å². The van der Waals surface area contributed by atoms with E-state index in [-0.39, 0.29) is 12.3 Å². The van der Waals surface area contributed by atoms with Crippen molar-refractivity contribution in [2.45, 2.75) is 26.2 Å². The first kappa shape index (κ1) is 21.8. The second kappa shape index (κ2) is 10.2. The van der Waals surface area contributed by atoms with Gasteiger partial charge in [0.2, 0.25) is 0 Å². The number of benzene rings is 2. The Balaban J connectivity index is 1.50. The van der Waals surface area contributed by atoms with Crippen molar-refractivity contribution >= 4 is 17.8 Å². The third-order valence-corrected chi connectivity index (χ3v) is 4.78. The summed E-state index contributed by atoms with van der Waals surface area (Å²) in [6, 6.07) is 17.1. The maximum atomic E-state index is 11.9. The normalized spacial score (nSPS) is 11.9. The van der Waals surface area contributed by atoms with E-state index < -0.39 is 10.8 Å². The Bertz CT molecular complexity index is 1070. The van der Waals surface area contributed by atoms with Crippen molar-refractivity contribution in [2.75, 3.05) is 6.61 Å². The third kappa shape index (κ3) is 6.02. The molecule has 0 aliphatic carbocycles. The van der Waals surface area contributed by atoms with E-state index in [1.165, 1.54) is 23.9 Å². The van der Waals surface area contributed by atoms with E-state index in [0.717, 1.165) is 6.42 Å². The average Bonchev–Trinajstić information content (AvgIpc) is 3.26. The van der Waals surface area contributed by atoms with Crippen LogP contribution in [0.15, 0.2) is 70.2 Å². The topological polar surface area (TPSA) is 107 Å². The molecule has 0 unspecified atom stereocenters. The first-order valence-electron chi connectivity index (χ1n) is 9.85. The van der Waals surface area contributed by atoms with E-state index >= 15 is 0 Å². The Labute approximate surface area is 179 Å². The Hall–Kier alpha value is -3.94. The zero-order valence-corrected chi connectivity index (χ0v) is 17.3. The van der Waals surface area contributed by atoms with Crippen molar-refractivity contribution in [3.05, 3.63) is 82.1 Å². The molecule has 1 heterocycles. The molecule has 2 aromatic carbocycles. The average molecular weight is 421 g/mol. The number of hydrazone groups is 1. The Morgan fingerprint density at radius 1 is 1.23 bits per heavy atom. The van der Waals surface area contributed by atoms with Crippen molar-refractivity contribution in [3.63, 3.8) is 0 Å². The van der Waals surface area contributed by atoms with Gasteiger partial charge in [-0.1, -0.05) is 38.1 Å². The van der Waals surface area contributed by atoms with Crippen LogP contribution in [-0.2, 0) is 4.79 Å². The summed E-state index contributed by atoms with van der Waals surface area (Å²) in [6.07, 6.45) is 2.41. The lowest BCUT2D eigenvalue weighted by molar-refractivity contribution is -0.384. The van der Waals surface area contributed by atoms with Gasteiger partial charge in [0.1, 0.15) is 17.3 Å². The molecule has 1 atom stereocenters. The summed E-state index contributed by atoms with van der Waals surface area (Å²) in [5.41, 5.74) is 4.15. The number of rotatable bonds is 9. The lowest BCUT2D eigenvalue weighted by atomic mass is 9.99. The molecule has 1 aromatic heterocycles. The SMILES string of the molecule is CC[C@@H](C)c1ccc(OCC(=O)N/N=C/c2ccc(-c3cccc([N+](=O)[O-])c3)o2)cc1. The number of nitrogens with one attached hydrogen (secondary N) is 1. The summed E-state index contributed by atoms with van der Waals surface area (Å²) >= 11 is 0. The molecule has 8 nitrogen and oxygen atoms in total. The quantitative estimate of drug-likeness (QED) is 0.300. The smallest absolute Gasteiger partial charge is 0.277 e. The van der Waals surface area contributed by atoms with Gasteiger partial charge < -0.3 is 9.15 Å². The van der Waals surface area contributed by atoms with Gasteiger partial charge in [0.15, 0.2) is 6.61 Å². The molecule has 0 saturated heterocycles. The minimum atomic E-state index is -0.466. The van der Waals surface area contributed by atoms with Crippen LogP contribution in [0.5, 0.6) is 5.75 Å². The predicted molar refractivity (Wildman–Crippen MR) is 117 cm³/mol. The summed E-state index contributed by atoms with van der Waals surface area (Å²) in [6.45, 7) is 4.13. The molecule has 8 heteroatoms. The number of carbonyl (C=O) groups is 1. The molecule has 0 spiro atoms. The second-order valence-electron chi connectivity index (χ2n) is 6.97. The monoisotopic (exact) mass is 421 g/mol. The van der Waals surface area contributed by atoms with E-state index in [4.69, 9.17) is 9.15 Å². The minimum Gasteiger partial charge on any atom is -0.484 e. The highest BCUT2D eigenvalue weighted by atomic mass is 16.6. The van der Waals surface area contributed by atoms with Crippen molar-refractivity contribution in [2.24, 2.45) is 5.10 Å². The molecular formula is C23H23N3O5. The maximum absolute atomic E-state index is 11.9. The van der Waals surface area contributed by atoms with Gasteiger partial charge in [0.25, 0.3) is 11.6 Å². The van der Waals surface area contributed by atoms with Gasteiger partial charge in [-0.2, -0.15) is 5.10 Å². The van der Waals surface area contributed by atoms with E-state index in [2.05, 4.69) is 24.4 Å². The van der Waals surface area contributed by atoms with Gasteiger partial charge in [-0.3, -0.25) is 14.9 Å². The molecule has 0 saturated carbocycles. The van der Waals surface area contributed by atoms with Crippen LogP contribution in [0, 0.1) is 10.1 Å². The van der Waals surface area contributed by atoms with E-state index in [1.807, 2.05) is 24.3 Å². The van der Waals surface area contributed by atoms with Gasteiger partial charge in [-0.25, -0.2) is 5.43 Å². The van der Waals surface area contributed by atoms with Gasteiger partial charge in [0.05, 0.1) is 11.1 Å². The number of nitro benzene ring substituents is 1. The fourth-order valence-electron chi connectivity index (χ4n) is 2.83. The zero-order valence-electron chi connectivity index (χ0n) is 17.3. The fraction of sp³-hybridized carbons (Fsp3) is 0.217. The summed E-state index contributed by atoms with van der Waals surface area (Å²) in [4.78, 5) is 22.3. The zero-order chi connectivity index (χ0) is 22.2. The number of nitro groups is 1. The van der Waals surface area contributed by atoms with Crippen molar-refractivity contribution in [1.29, 1.82) is 0 Å². The maximum Gasteiger partial charge on any atom is 0.277 e. The summed E-state index contributed by atoms with van der Waals surface area (Å²) in [7, 11) is 0. The van der Waals surface area contributed by atoms with Gasteiger partial charge in [-0.15, -0.1) is 0 Å². The Morgan fingerprint density at radius 3 is 2.71 bits per heavy atom. The molecule has 0 aliphatic rings. The number of hydrogen-bond donors (Lipinski definition) is 1. The van der Waals surface area contributed by atoms with Gasteiger partial charge in [0, 0.05) is 17.7 Å². The summed E-state index contributed by atoms with van der Waals surface area (Å²) in [5.74, 6) is 1.53. The molecule has 0 bridgehead atoms. The van der Waals surface area contributed by atoms with E-state index in [9.17, 15) is 14.9 Å². The van der Waals surface area contributed by atoms with Crippen LogP contribution in [0.3, 0.4) is 0 Å². The number of ether oxygens (including phenoxy) is 1. The number of carbonyl (C=O) groups excluding carboxylic acids is 1. The molecule has 160 valence electrons. The fourth-order valence-corrected chi connectivity index (χ4v) is 2.83. The molecule has 0 aliphatic heterocycles. The van der Waals surface area contributed by atoms with Crippen LogP contribution in [0.1, 0.15) is 37.5 Å². The molecule has 3 aromatic rings. The number of hydrogen-bond acceptors (Lipinski definition) is 6. The van der Waals surface area contributed by atoms with Crippen LogP contribution in [0.4, 0.5) is 5.69 Å². The number of furan rings is 1. The molecular weight excluding hydrogens is 398 g/mol. The summed E-state index contributed by atoms with van der Waals surface area (Å²) in [5, 5.41) is 14.7. The highest BCUT2D eigenvalue weighted by molar-refractivity contribution is 5.81. The van der Waals surface area contributed by atoms with Crippen LogP contribution in [0.2, 0.25) is 0 Å². The largest absolute Gasteiger partial charge is 0.484 e. The lowest BCUT2D eigenvalue weighted by Crippen LogP contribution is -2.24. The molecule has 1 N–H and O–H groups in total. The molecule has 31 heavy (non-hydrogen) atoms. The number of non-ortho nitro benzene ring substituents is 1. The standard InChI is InChI=1S/C23H23N3O5/c1-3-16(2)17-7-9-20(10-8-17)30-15-23(27)25-24-14-21-11-12-22(31-21)18-5-4-6-19(13-18)26(28)29/h4-14,16H,3,15H2,1-2H3,(H,25,27)/b24-14+/t16-/m1/s1. The van der Waals surface area contributed by atoms with E-state index in [0.29, 0.717) is 28.8 Å². The number of amides is 1. The van der Waals surface area contributed by atoms with Crippen LogP contribution < -0.4 is 10.2 Å². The highest BCUT2D eigenvalue weighted by Gasteiger charge is 2.10. The van der Waals surface area contributed by atoms with E-state index in [1.54, 1.807) is 24.3 Å². The van der Waals surface area contributed by atoms with Crippen LogP contribution in [0.25, 0.3) is 11.3 Å². The first-order valence-corrected chi connectivity index (χ1v) is 9.85. The minimum absolute atomic E-state index is 0.0223. The Morgan fingerprint density at radius 2 is 2.00 bits per heavy atom. The molecule has 3 rings (SSSR count).